The third kappa shape index (κ3) is 3.98. The van der Waals surface area contributed by atoms with Crippen LogP contribution in [0.25, 0.3) is 10.8 Å². The monoisotopic (exact) mass is 387 g/mol. The van der Waals surface area contributed by atoms with Gasteiger partial charge in [-0.3, -0.25) is 4.79 Å². The van der Waals surface area contributed by atoms with Crippen LogP contribution in [0, 0.1) is 0 Å². The Morgan fingerprint density at radius 2 is 1.73 bits per heavy atom. The van der Waals surface area contributed by atoms with Crippen molar-refractivity contribution in [1.82, 2.24) is 0 Å². The lowest BCUT2D eigenvalue weighted by atomic mass is 10.0. The molecule has 1 N–H and O–H groups in total. The Morgan fingerprint density at radius 3 is 2.54 bits per heavy atom. The molecule has 0 heterocycles. The molecule has 0 aliphatic heterocycles. The first-order valence-corrected chi connectivity index (χ1v) is 8.66. The summed E-state index contributed by atoms with van der Waals surface area (Å²) in [5, 5.41) is 5.08. The van der Waals surface area contributed by atoms with Crippen LogP contribution in [0.4, 0.5) is 5.69 Å². The number of hydrogen-bond donors (Lipinski definition) is 1. The van der Waals surface area contributed by atoms with Crippen molar-refractivity contribution >= 4 is 51.5 Å². The lowest BCUT2D eigenvalue weighted by Gasteiger charge is -2.15. The molecule has 3 aromatic carbocycles. The summed E-state index contributed by atoms with van der Waals surface area (Å²) in [6.45, 7) is 1.50. The highest BCUT2D eigenvalue weighted by molar-refractivity contribution is 6.35. The second-order valence-electron chi connectivity index (χ2n) is 5.69. The van der Waals surface area contributed by atoms with Crippen LogP contribution in [0.1, 0.15) is 17.3 Å². The molecule has 0 spiro atoms. The molecule has 0 fully saturated rings. The van der Waals surface area contributed by atoms with E-state index in [4.69, 9.17) is 27.9 Å². The molecule has 0 aliphatic rings. The van der Waals surface area contributed by atoms with Gasteiger partial charge in [-0.05, 0) is 42.0 Å². The molecule has 0 aliphatic carbocycles. The Hall–Kier alpha value is -2.56. The molecule has 26 heavy (non-hydrogen) atoms. The highest BCUT2D eigenvalue weighted by Gasteiger charge is 2.21. The summed E-state index contributed by atoms with van der Waals surface area (Å²) < 4.78 is 5.32. The maximum absolute atomic E-state index is 12.5. The molecule has 0 saturated carbocycles. The first kappa shape index (κ1) is 18.2. The van der Waals surface area contributed by atoms with Gasteiger partial charge in [-0.2, -0.15) is 0 Å². The molecule has 1 amide bonds. The van der Waals surface area contributed by atoms with Crippen LogP contribution in [0.5, 0.6) is 0 Å². The number of anilines is 1. The first-order valence-electron chi connectivity index (χ1n) is 7.90. The standard InChI is InChI=1S/C20H15Cl2NO3/c1-12(19(24)23-18-11-14(21)9-10-17(18)22)26-20(25)16-8-4-6-13-5-2-3-7-15(13)16/h2-12H,1H3,(H,23,24)/t12-/m0/s1. The fourth-order valence-electron chi connectivity index (χ4n) is 2.51. The summed E-state index contributed by atoms with van der Waals surface area (Å²) in [6.07, 6.45) is -1.00. The van der Waals surface area contributed by atoms with E-state index >= 15 is 0 Å². The first-order chi connectivity index (χ1) is 12.5. The maximum Gasteiger partial charge on any atom is 0.339 e. The van der Waals surface area contributed by atoms with Crippen molar-refractivity contribution < 1.29 is 14.3 Å². The van der Waals surface area contributed by atoms with Crippen LogP contribution in [0.2, 0.25) is 10.0 Å². The molecule has 6 heteroatoms. The van der Waals surface area contributed by atoms with Crippen molar-refractivity contribution in [3.8, 4) is 0 Å². The fraction of sp³-hybridized carbons (Fsp3) is 0.100. The Bertz CT molecular complexity index is 982. The van der Waals surface area contributed by atoms with Crippen LogP contribution >= 0.6 is 23.2 Å². The average Bonchev–Trinajstić information content (AvgIpc) is 2.64. The van der Waals surface area contributed by atoms with Crippen LogP contribution in [0.15, 0.2) is 60.7 Å². The van der Waals surface area contributed by atoms with Gasteiger partial charge in [0, 0.05) is 5.02 Å². The van der Waals surface area contributed by atoms with E-state index in [2.05, 4.69) is 5.32 Å². The van der Waals surface area contributed by atoms with Gasteiger partial charge in [-0.25, -0.2) is 4.79 Å². The normalized spacial score (nSPS) is 11.8. The Balaban J connectivity index is 1.74. The zero-order valence-electron chi connectivity index (χ0n) is 13.8. The van der Waals surface area contributed by atoms with Crippen molar-refractivity contribution in [3.63, 3.8) is 0 Å². The molecular weight excluding hydrogens is 373 g/mol. The number of fused-ring (bicyclic) bond motifs is 1. The molecule has 3 aromatic rings. The van der Waals surface area contributed by atoms with Gasteiger partial charge in [0.05, 0.1) is 16.3 Å². The van der Waals surface area contributed by atoms with E-state index in [-0.39, 0.29) is 0 Å². The molecule has 0 saturated heterocycles. The quantitative estimate of drug-likeness (QED) is 0.615. The second-order valence-corrected chi connectivity index (χ2v) is 6.53. The maximum atomic E-state index is 12.5. The highest BCUT2D eigenvalue weighted by atomic mass is 35.5. The number of ether oxygens (including phenoxy) is 1. The molecule has 4 nitrogen and oxygen atoms in total. The largest absolute Gasteiger partial charge is 0.449 e. The SMILES string of the molecule is C[C@H](OC(=O)c1cccc2ccccc12)C(=O)Nc1cc(Cl)ccc1Cl. The van der Waals surface area contributed by atoms with Crippen molar-refractivity contribution in [1.29, 1.82) is 0 Å². The second kappa shape index (κ2) is 7.77. The van der Waals surface area contributed by atoms with Gasteiger partial charge in [0.1, 0.15) is 0 Å². The third-order valence-electron chi connectivity index (χ3n) is 3.85. The van der Waals surface area contributed by atoms with Gasteiger partial charge in [0.15, 0.2) is 6.10 Å². The number of esters is 1. The molecular formula is C20H15Cl2NO3. The summed E-state index contributed by atoms with van der Waals surface area (Å²) >= 11 is 11.9. The molecule has 3 rings (SSSR count). The molecule has 0 unspecified atom stereocenters. The molecule has 0 radical (unpaired) electrons. The number of nitrogens with one attached hydrogen (secondary N) is 1. The van der Waals surface area contributed by atoms with E-state index in [1.165, 1.54) is 13.0 Å². The van der Waals surface area contributed by atoms with E-state index in [1.807, 2.05) is 30.3 Å². The van der Waals surface area contributed by atoms with E-state index in [1.54, 1.807) is 24.3 Å². The number of rotatable bonds is 4. The summed E-state index contributed by atoms with van der Waals surface area (Å²) in [6, 6.07) is 17.5. The van der Waals surface area contributed by atoms with Gasteiger partial charge in [-0.15, -0.1) is 0 Å². The van der Waals surface area contributed by atoms with E-state index in [9.17, 15) is 9.59 Å². The molecule has 0 bridgehead atoms. The average molecular weight is 388 g/mol. The van der Waals surface area contributed by atoms with Crippen molar-refractivity contribution in [2.24, 2.45) is 0 Å². The summed E-state index contributed by atoms with van der Waals surface area (Å²) in [5.74, 6) is -1.07. The lowest BCUT2D eigenvalue weighted by molar-refractivity contribution is -0.123. The van der Waals surface area contributed by atoms with Crippen molar-refractivity contribution in [3.05, 3.63) is 76.3 Å². The minimum atomic E-state index is -1.00. The number of amides is 1. The predicted octanol–water partition coefficient (Wildman–Crippen LogP) is 5.33. The summed E-state index contributed by atoms with van der Waals surface area (Å²) in [7, 11) is 0. The number of carbonyl (C=O) groups excluding carboxylic acids is 2. The molecule has 0 aromatic heterocycles. The van der Waals surface area contributed by atoms with Crippen molar-refractivity contribution in [2.45, 2.75) is 13.0 Å². The smallest absolute Gasteiger partial charge is 0.339 e. The Morgan fingerprint density at radius 1 is 1.00 bits per heavy atom. The van der Waals surface area contributed by atoms with Crippen LogP contribution in [-0.4, -0.2) is 18.0 Å². The number of halogens is 2. The lowest BCUT2D eigenvalue weighted by Crippen LogP contribution is -2.30. The van der Waals surface area contributed by atoms with E-state index in [0.717, 1.165) is 10.8 Å². The van der Waals surface area contributed by atoms with Crippen LogP contribution in [-0.2, 0) is 9.53 Å². The van der Waals surface area contributed by atoms with Crippen molar-refractivity contribution in [2.75, 3.05) is 5.32 Å². The number of benzene rings is 3. The highest BCUT2D eigenvalue weighted by Crippen LogP contribution is 2.26. The van der Waals surface area contributed by atoms with Gasteiger partial charge in [0.25, 0.3) is 5.91 Å². The number of hydrogen-bond acceptors (Lipinski definition) is 3. The summed E-state index contributed by atoms with van der Waals surface area (Å²) in [4.78, 5) is 24.8. The van der Waals surface area contributed by atoms with Gasteiger partial charge >= 0.3 is 5.97 Å². The summed E-state index contributed by atoms with van der Waals surface area (Å²) in [5.41, 5.74) is 0.765. The minimum absolute atomic E-state index is 0.343. The van der Waals surface area contributed by atoms with Crippen LogP contribution < -0.4 is 5.32 Å². The Kier molecular flexibility index (Phi) is 5.45. The zero-order valence-corrected chi connectivity index (χ0v) is 15.3. The third-order valence-corrected chi connectivity index (χ3v) is 4.41. The molecule has 132 valence electrons. The van der Waals surface area contributed by atoms with Crippen LogP contribution in [0.3, 0.4) is 0 Å². The Labute approximate surface area is 160 Å². The zero-order chi connectivity index (χ0) is 18.7. The van der Waals surface area contributed by atoms with E-state index in [0.29, 0.717) is 21.3 Å². The van der Waals surface area contributed by atoms with E-state index < -0.39 is 18.0 Å². The molecule has 1 atom stereocenters. The van der Waals surface area contributed by atoms with Gasteiger partial charge in [-0.1, -0.05) is 59.6 Å². The minimum Gasteiger partial charge on any atom is -0.449 e. The fourth-order valence-corrected chi connectivity index (χ4v) is 2.85. The number of carbonyl (C=O) groups is 2. The van der Waals surface area contributed by atoms with Gasteiger partial charge in [0.2, 0.25) is 0 Å². The predicted molar refractivity (Wildman–Crippen MR) is 104 cm³/mol. The van der Waals surface area contributed by atoms with Gasteiger partial charge < -0.3 is 10.1 Å². The topological polar surface area (TPSA) is 55.4 Å².